The van der Waals surface area contributed by atoms with E-state index >= 15 is 0 Å². The second-order valence-electron chi connectivity index (χ2n) is 5.15. The average Bonchev–Trinajstić information content (AvgIpc) is 2.60. The summed E-state index contributed by atoms with van der Waals surface area (Å²) in [6.07, 6.45) is -4.83. The number of nitrogens with zero attached hydrogens (tertiary/aromatic N) is 2. The molecule has 28 heavy (non-hydrogen) atoms. The summed E-state index contributed by atoms with van der Waals surface area (Å²) >= 11 is 0. The molecular formula is C15H9F3N2O7S. The van der Waals surface area contributed by atoms with E-state index in [1.807, 2.05) is 0 Å². The van der Waals surface area contributed by atoms with E-state index in [1.54, 1.807) is 0 Å². The number of ether oxygens (including phenoxy) is 1. The van der Waals surface area contributed by atoms with Gasteiger partial charge in [0, 0.05) is 18.2 Å². The van der Waals surface area contributed by atoms with Gasteiger partial charge in [-0.3, -0.25) is 29.2 Å². The highest BCUT2D eigenvalue weighted by atomic mass is 32.2. The Morgan fingerprint density at radius 1 is 1.04 bits per heavy atom. The van der Waals surface area contributed by atoms with E-state index in [4.69, 9.17) is 4.74 Å². The Labute approximate surface area is 156 Å². The lowest BCUT2D eigenvalue weighted by Gasteiger charge is -2.09. The maximum atomic E-state index is 12.7. The fraction of sp³-hybridized carbons (Fsp3) is 0.133. The van der Waals surface area contributed by atoms with Crippen LogP contribution in [-0.2, 0) is 21.8 Å². The molecule has 0 amide bonds. The van der Waals surface area contributed by atoms with Gasteiger partial charge in [0.25, 0.3) is 11.4 Å². The lowest BCUT2D eigenvalue weighted by molar-refractivity contribution is -0.388. The van der Waals surface area contributed by atoms with Crippen LogP contribution in [0.2, 0.25) is 0 Å². The zero-order valence-corrected chi connectivity index (χ0v) is 14.4. The third-order valence-corrected chi connectivity index (χ3v) is 4.59. The third-order valence-electron chi connectivity index (χ3n) is 3.26. The molecule has 2 rings (SSSR count). The molecule has 1 atom stereocenters. The van der Waals surface area contributed by atoms with Crippen molar-refractivity contribution in [3.05, 3.63) is 68.3 Å². The number of rotatable bonds is 6. The number of hydrogen-bond acceptors (Lipinski definition) is 7. The summed E-state index contributed by atoms with van der Waals surface area (Å²) in [6, 6.07) is 5.74. The summed E-state index contributed by atoms with van der Waals surface area (Å²) in [5.74, 6) is -2.07. The van der Waals surface area contributed by atoms with Gasteiger partial charge >= 0.3 is 12.1 Å². The molecule has 0 N–H and O–H groups in total. The van der Waals surface area contributed by atoms with Crippen molar-refractivity contribution in [1.82, 2.24) is 0 Å². The molecular weight excluding hydrogens is 409 g/mol. The monoisotopic (exact) mass is 418 g/mol. The van der Waals surface area contributed by atoms with Crippen LogP contribution in [0, 0.1) is 20.2 Å². The summed E-state index contributed by atoms with van der Waals surface area (Å²) in [5, 5.41) is 21.5. The molecule has 0 saturated heterocycles. The average molecular weight is 418 g/mol. The Hall–Kier alpha value is -3.35. The van der Waals surface area contributed by atoms with E-state index in [2.05, 4.69) is 0 Å². The van der Waals surface area contributed by atoms with Crippen LogP contribution < -0.4 is 4.74 Å². The lowest BCUT2D eigenvalue weighted by atomic mass is 10.2. The van der Waals surface area contributed by atoms with Gasteiger partial charge in [-0.25, -0.2) is 0 Å². The molecule has 0 aliphatic carbocycles. The highest BCUT2D eigenvalue weighted by Gasteiger charge is 2.34. The fourth-order valence-electron chi connectivity index (χ4n) is 2.01. The van der Waals surface area contributed by atoms with Crippen LogP contribution in [0.15, 0.2) is 47.4 Å². The van der Waals surface area contributed by atoms with E-state index in [9.17, 15) is 42.4 Å². The van der Waals surface area contributed by atoms with Gasteiger partial charge in [-0.15, -0.1) is 0 Å². The molecule has 1 unspecified atom stereocenters. The SMILES string of the molecule is O=C(CS(=O)c1ccc(C(F)(F)F)cc1[N+](=O)[O-])Oc1ccc([N+](=O)[O-])cc1. The number of nitro benzene ring substituents is 2. The van der Waals surface area contributed by atoms with Gasteiger partial charge in [0.2, 0.25) is 0 Å². The van der Waals surface area contributed by atoms with E-state index in [-0.39, 0.29) is 17.5 Å². The van der Waals surface area contributed by atoms with Crippen molar-refractivity contribution in [2.24, 2.45) is 0 Å². The van der Waals surface area contributed by atoms with Gasteiger partial charge in [0.1, 0.15) is 16.4 Å². The number of carbonyl (C=O) groups excluding carboxylic acids is 1. The van der Waals surface area contributed by atoms with E-state index in [0.717, 1.165) is 24.3 Å². The first kappa shape index (κ1) is 21.0. The van der Waals surface area contributed by atoms with Gasteiger partial charge in [-0.2, -0.15) is 13.2 Å². The van der Waals surface area contributed by atoms with E-state index in [1.165, 1.54) is 0 Å². The Morgan fingerprint density at radius 3 is 2.14 bits per heavy atom. The van der Waals surface area contributed by atoms with Crippen molar-refractivity contribution >= 4 is 28.1 Å². The number of carbonyl (C=O) groups is 1. The largest absolute Gasteiger partial charge is 0.426 e. The third kappa shape index (κ3) is 5.09. The van der Waals surface area contributed by atoms with Crippen LogP contribution >= 0.6 is 0 Å². The first-order chi connectivity index (χ1) is 13.0. The summed E-state index contributed by atoms with van der Waals surface area (Å²) in [6.45, 7) is 0. The molecule has 2 aromatic carbocycles. The highest BCUT2D eigenvalue weighted by Crippen LogP contribution is 2.34. The minimum atomic E-state index is -4.83. The minimum Gasteiger partial charge on any atom is -0.426 e. The fourth-order valence-corrected chi connectivity index (χ4v) is 3.03. The molecule has 13 heteroatoms. The summed E-state index contributed by atoms with van der Waals surface area (Å²) in [4.78, 5) is 31.0. The van der Waals surface area contributed by atoms with Gasteiger partial charge in [-0.1, -0.05) is 0 Å². The second-order valence-corrected chi connectivity index (χ2v) is 6.57. The van der Waals surface area contributed by atoms with Crippen molar-refractivity contribution in [1.29, 1.82) is 0 Å². The van der Waals surface area contributed by atoms with Crippen LogP contribution in [0.5, 0.6) is 5.75 Å². The number of benzene rings is 2. The number of esters is 1. The quantitative estimate of drug-likeness (QED) is 0.305. The van der Waals surface area contributed by atoms with E-state index in [0.29, 0.717) is 12.1 Å². The standard InChI is InChI=1S/C15H9F3N2O7S/c16-15(17,18)9-1-6-13(12(7-9)20(24)25)28(26)8-14(21)27-11-4-2-10(3-5-11)19(22)23/h1-7H,8H2. The van der Waals surface area contributed by atoms with Crippen LogP contribution in [0.25, 0.3) is 0 Å². The Kier molecular flexibility index (Phi) is 6.08. The molecule has 0 aromatic heterocycles. The normalized spacial score (nSPS) is 12.2. The number of non-ortho nitro benzene ring substituents is 1. The first-order valence-electron chi connectivity index (χ1n) is 7.18. The van der Waals surface area contributed by atoms with Gasteiger partial charge in [0.15, 0.2) is 0 Å². The molecule has 0 radical (unpaired) electrons. The van der Waals surface area contributed by atoms with Crippen LogP contribution in [0.1, 0.15) is 5.56 Å². The van der Waals surface area contributed by atoms with Crippen molar-refractivity contribution in [2.45, 2.75) is 11.1 Å². The molecule has 0 aliphatic heterocycles. The molecule has 0 fully saturated rings. The number of alkyl halides is 3. The molecule has 9 nitrogen and oxygen atoms in total. The second kappa shape index (κ2) is 8.12. The number of nitro groups is 2. The van der Waals surface area contributed by atoms with Crippen molar-refractivity contribution in [3.8, 4) is 5.75 Å². The topological polar surface area (TPSA) is 130 Å². The summed E-state index contributed by atoms with van der Waals surface area (Å²) < 4.78 is 55.1. The smallest absolute Gasteiger partial charge is 0.416 e. The molecule has 148 valence electrons. The van der Waals surface area contributed by atoms with Crippen LogP contribution in [0.4, 0.5) is 24.5 Å². The first-order valence-corrected chi connectivity index (χ1v) is 8.50. The molecule has 0 spiro atoms. The number of halogens is 3. The lowest BCUT2D eigenvalue weighted by Crippen LogP contribution is -2.18. The predicted molar refractivity (Wildman–Crippen MR) is 88.1 cm³/mol. The maximum Gasteiger partial charge on any atom is 0.416 e. The minimum absolute atomic E-state index is 0.102. The maximum absolute atomic E-state index is 12.7. The zero-order chi connectivity index (χ0) is 21.1. The molecule has 0 heterocycles. The predicted octanol–water partition coefficient (Wildman–Crippen LogP) is 3.24. The molecule has 0 saturated carbocycles. The van der Waals surface area contributed by atoms with Crippen LogP contribution in [0.3, 0.4) is 0 Å². The Bertz CT molecular complexity index is 961. The Balaban J connectivity index is 2.16. The molecule has 2 aromatic rings. The van der Waals surface area contributed by atoms with Gasteiger partial charge in [0.05, 0.1) is 26.2 Å². The highest BCUT2D eigenvalue weighted by molar-refractivity contribution is 7.85. The summed E-state index contributed by atoms with van der Waals surface area (Å²) in [7, 11) is -2.36. The van der Waals surface area contributed by atoms with Gasteiger partial charge in [-0.05, 0) is 24.3 Å². The van der Waals surface area contributed by atoms with Gasteiger partial charge < -0.3 is 4.74 Å². The summed E-state index contributed by atoms with van der Waals surface area (Å²) in [5.41, 5.74) is -2.60. The van der Waals surface area contributed by atoms with Crippen molar-refractivity contribution in [2.75, 3.05) is 5.75 Å². The Morgan fingerprint density at radius 2 is 1.64 bits per heavy atom. The van der Waals surface area contributed by atoms with Crippen molar-refractivity contribution < 1.29 is 36.8 Å². The number of hydrogen-bond donors (Lipinski definition) is 0. The van der Waals surface area contributed by atoms with Crippen molar-refractivity contribution in [3.63, 3.8) is 0 Å². The van der Waals surface area contributed by atoms with Crippen LogP contribution in [-0.4, -0.2) is 25.8 Å². The van der Waals surface area contributed by atoms with E-state index < -0.39 is 54.7 Å². The zero-order valence-electron chi connectivity index (χ0n) is 13.5. The molecule has 0 bridgehead atoms. The molecule has 0 aliphatic rings.